The molecule has 0 fully saturated rings. The maximum atomic E-state index is 12.2. The highest BCUT2D eigenvalue weighted by Gasteiger charge is 2.17. The van der Waals surface area contributed by atoms with Crippen LogP contribution in [0.5, 0.6) is 0 Å². The van der Waals surface area contributed by atoms with Crippen molar-refractivity contribution in [3.63, 3.8) is 0 Å². The van der Waals surface area contributed by atoms with Crippen molar-refractivity contribution < 1.29 is 14.8 Å². The minimum absolute atomic E-state index is 0.0309. The van der Waals surface area contributed by atoms with E-state index >= 15 is 0 Å². The van der Waals surface area contributed by atoms with E-state index in [0.717, 1.165) is 0 Å². The van der Waals surface area contributed by atoms with E-state index in [1.54, 1.807) is 13.8 Å². The minimum atomic E-state index is -0.805. The van der Waals surface area contributed by atoms with E-state index in [0.29, 0.717) is 19.4 Å². The number of nitrogens with two attached hydrogens (primary N) is 3. The average molecular weight is 380 g/mol. The van der Waals surface area contributed by atoms with Gasteiger partial charge in [0.2, 0.25) is 5.91 Å². The van der Waals surface area contributed by atoms with Crippen molar-refractivity contribution in [2.24, 2.45) is 22.2 Å². The van der Waals surface area contributed by atoms with Crippen molar-refractivity contribution in [1.29, 1.82) is 0 Å². The Morgan fingerprint density at radius 2 is 2.00 bits per heavy atom. The SMILES string of the molecule is CC(C)NC(=O)c1cc(NC(=O)C(N)CCCN=C(N)N)ccc1N([O-])O. The molecule has 0 aromatic heterocycles. The van der Waals surface area contributed by atoms with Gasteiger partial charge < -0.3 is 38.3 Å². The topological polar surface area (TPSA) is 195 Å². The normalized spacial score (nSPS) is 11.6. The maximum absolute atomic E-state index is 12.2. The van der Waals surface area contributed by atoms with Crippen LogP contribution in [0.4, 0.5) is 11.4 Å². The molecular weight excluding hydrogens is 354 g/mol. The van der Waals surface area contributed by atoms with Gasteiger partial charge in [0.1, 0.15) is 0 Å². The predicted molar refractivity (Wildman–Crippen MR) is 103 cm³/mol. The molecule has 150 valence electrons. The summed E-state index contributed by atoms with van der Waals surface area (Å²) in [6.45, 7) is 3.85. The van der Waals surface area contributed by atoms with Gasteiger partial charge in [0, 0.05) is 18.3 Å². The summed E-state index contributed by atoms with van der Waals surface area (Å²) >= 11 is 0. The van der Waals surface area contributed by atoms with Gasteiger partial charge in [0.05, 0.1) is 17.3 Å². The lowest BCUT2D eigenvalue weighted by molar-refractivity contribution is -0.117. The zero-order valence-electron chi connectivity index (χ0n) is 15.3. The number of nitrogens with one attached hydrogen (secondary N) is 2. The molecule has 1 unspecified atom stereocenters. The smallest absolute Gasteiger partial charge is 0.253 e. The van der Waals surface area contributed by atoms with Crippen LogP contribution >= 0.6 is 0 Å². The Kier molecular flexibility index (Phi) is 8.45. The van der Waals surface area contributed by atoms with Gasteiger partial charge in [-0.2, -0.15) is 0 Å². The molecule has 1 atom stereocenters. The summed E-state index contributed by atoms with van der Waals surface area (Å²) in [5.74, 6) is -1.06. The third-order valence-electron chi connectivity index (χ3n) is 3.44. The summed E-state index contributed by atoms with van der Waals surface area (Å²) in [4.78, 5) is 28.2. The molecule has 11 heteroatoms. The first-order valence-corrected chi connectivity index (χ1v) is 8.34. The van der Waals surface area contributed by atoms with Crippen LogP contribution in [0.2, 0.25) is 0 Å². The summed E-state index contributed by atoms with van der Waals surface area (Å²) in [5.41, 5.74) is 16.2. The van der Waals surface area contributed by atoms with Crippen LogP contribution in [0.3, 0.4) is 0 Å². The first-order chi connectivity index (χ1) is 12.6. The number of nitrogens with zero attached hydrogens (tertiary/aromatic N) is 2. The molecule has 1 rings (SSSR count). The molecule has 27 heavy (non-hydrogen) atoms. The highest BCUT2D eigenvalue weighted by atomic mass is 16.8. The number of hydrogen-bond donors (Lipinski definition) is 6. The molecule has 0 radical (unpaired) electrons. The first kappa shape index (κ1) is 22.2. The molecular formula is C16H26N7O4-. The Morgan fingerprint density at radius 3 is 2.56 bits per heavy atom. The molecule has 0 saturated carbocycles. The van der Waals surface area contributed by atoms with Crippen molar-refractivity contribution >= 4 is 29.1 Å². The van der Waals surface area contributed by atoms with Crippen LogP contribution in [-0.4, -0.2) is 41.6 Å². The molecule has 0 aliphatic carbocycles. The minimum Gasteiger partial charge on any atom is -0.733 e. The van der Waals surface area contributed by atoms with Crippen LogP contribution in [-0.2, 0) is 4.79 Å². The number of rotatable bonds is 9. The maximum Gasteiger partial charge on any atom is 0.253 e. The second-order valence-electron chi connectivity index (χ2n) is 6.18. The molecule has 9 N–H and O–H groups in total. The standard InChI is InChI=1S/C16H26N7O4/c1-9(2)21-14(24)11-8-10(5-6-13(11)23(26)27)22-15(25)12(17)4-3-7-20-16(18)19/h5-6,8-9,12,26H,3-4,7,17H2,1-2H3,(H,21,24)(H,22,25)(H4,18,19,20)/q-1. The van der Waals surface area contributed by atoms with Gasteiger partial charge in [-0.3, -0.25) is 19.8 Å². The van der Waals surface area contributed by atoms with Crippen LogP contribution < -0.4 is 33.1 Å². The Morgan fingerprint density at radius 1 is 1.33 bits per heavy atom. The van der Waals surface area contributed by atoms with E-state index in [9.17, 15) is 20.0 Å². The zero-order chi connectivity index (χ0) is 20.6. The molecule has 0 bridgehead atoms. The Hall–Kier alpha value is -2.89. The van der Waals surface area contributed by atoms with E-state index in [-0.39, 0.29) is 28.9 Å². The quantitative estimate of drug-likeness (QED) is 0.147. The van der Waals surface area contributed by atoms with Gasteiger partial charge in [0.15, 0.2) is 5.96 Å². The van der Waals surface area contributed by atoms with Crippen molar-refractivity contribution in [2.45, 2.75) is 38.8 Å². The Labute approximate surface area is 157 Å². The Bertz CT molecular complexity index is 687. The van der Waals surface area contributed by atoms with Gasteiger partial charge in [-0.1, -0.05) is 0 Å². The third-order valence-corrected chi connectivity index (χ3v) is 3.44. The predicted octanol–water partition coefficient (Wildman–Crippen LogP) is -0.162. The average Bonchev–Trinajstić information content (AvgIpc) is 2.57. The lowest BCUT2D eigenvalue weighted by atomic mass is 10.1. The molecule has 11 nitrogen and oxygen atoms in total. The summed E-state index contributed by atoms with van der Waals surface area (Å²) < 4.78 is 0. The lowest BCUT2D eigenvalue weighted by Crippen LogP contribution is -2.36. The van der Waals surface area contributed by atoms with Crippen LogP contribution in [0.1, 0.15) is 37.0 Å². The molecule has 0 aliphatic rings. The van der Waals surface area contributed by atoms with Crippen LogP contribution in [0.25, 0.3) is 0 Å². The van der Waals surface area contributed by atoms with E-state index in [1.807, 2.05) is 0 Å². The van der Waals surface area contributed by atoms with Crippen molar-refractivity contribution in [3.05, 3.63) is 29.0 Å². The zero-order valence-corrected chi connectivity index (χ0v) is 15.3. The second-order valence-corrected chi connectivity index (χ2v) is 6.18. The fourth-order valence-corrected chi connectivity index (χ4v) is 2.19. The van der Waals surface area contributed by atoms with Crippen molar-refractivity contribution in [3.8, 4) is 0 Å². The van der Waals surface area contributed by atoms with E-state index in [1.165, 1.54) is 18.2 Å². The van der Waals surface area contributed by atoms with Crippen molar-refractivity contribution in [1.82, 2.24) is 5.32 Å². The number of hydrogen-bond acceptors (Lipinski definition) is 7. The molecule has 2 amide bonds. The number of aliphatic imine (C=N–C) groups is 1. The molecule has 0 aliphatic heterocycles. The molecule has 0 spiro atoms. The van der Waals surface area contributed by atoms with E-state index in [2.05, 4.69) is 15.6 Å². The van der Waals surface area contributed by atoms with Gasteiger partial charge in [0.25, 0.3) is 5.91 Å². The van der Waals surface area contributed by atoms with E-state index in [4.69, 9.17) is 17.2 Å². The van der Waals surface area contributed by atoms with Gasteiger partial charge in [-0.25, -0.2) is 0 Å². The third kappa shape index (κ3) is 7.48. The highest BCUT2D eigenvalue weighted by Crippen LogP contribution is 2.23. The van der Waals surface area contributed by atoms with Gasteiger partial charge in [-0.05, 0) is 44.9 Å². The molecule has 1 aromatic carbocycles. The van der Waals surface area contributed by atoms with Crippen molar-refractivity contribution in [2.75, 3.05) is 17.1 Å². The number of carbonyl (C=O) groups is 2. The van der Waals surface area contributed by atoms with E-state index < -0.39 is 23.1 Å². The first-order valence-electron chi connectivity index (χ1n) is 8.34. The summed E-state index contributed by atoms with van der Waals surface area (Å²) in [7, 11) is 0. The van der Waals surface area contributed by atoms with Crippen LogP contribution in [0, 0.1) is 5.21 Å². The molecule has 0 heterocycles. The number of benzene rings is 1. The highest BCUT2D eigenvalue weighted by molar-refractivity contribution is 6.02. The molecule has 1 aromatic rings. The monoisotopic (exact) mass is 380 g/mol. The lowest BCUT2D eigenvalue weighted by Gasteiger charge is -2.25. The van der Waals surface area contributed by atoms with Gasteiger partial charge in [-0.15, -0.1) is 0 Å². The summed E-state index contributed by atoms with van der Waals surface area (Å²) in [6, 6.07) is 2.91. The fourth-order valence-electron chi connectivity index (χ4n) is 2.19. The number of carbonyl (C=O) groups excluding carboxylic acids is 2. The largest absolute Gasteiger partial charge is 0.733 e. The fraction of sp³-hybridized carbons (Fsp3) is 0.438. The number of amides is 2. The summed E-state index contributed by atoms with van der Waals surface area (Å²) in [5, 5.41) is 25.2. The molecule has 0 saturated heterocycles. The number of guanidine groups is 1. The van der Waals surface area contributed by atoms with Crippen LogP contribution in [0.15, 0.2) is 23.2 Å². The Balaban J connectivity index is 2.83. The number of anilines is 2. The summed E-state index contributed by atoms with van der Waals surface area (Å²) in [6.07, 6.45) is 0.871. The second kappa shape index (κ2) is 10.3. The van der Waals surface area contributed by atoms with Gasteiger partial charge >= 0.3 is 0 Å².